The molecule has 1 atom stereocenters. The van der Waals surface area contributed by atoms with E-state index in [1.165, 1.54) is 24.0 Å². The quantitative estimate of drug-likeness (QED) is 0.839. The second-order valence-corrected chi connectivity index (χ2v) is 6.22. The normalized spacial score (nSPS) is 12.4. The van der Waals surface area contributed by atoms with Crippen molar-refractivity contribution >= 4 is 27.7 Å². The van der Waals surface area contributed by atoms with E-state index in [1.807, 2.05) is 25.1 Å². The Kier molecular flexibility index (Phi) is 4.79. The van der Waals surface area contributed by atoms with Gasteiger partial charge in [0.05, 0.1) is 0 Å². The molecule has 2 rings (SSSR count). The van der Waals surface area contributed by atoms with Crippen molar-refractivity contribution in [3.8, 4) is 0 Å². The molecule has 6 heteroatoms. The lowest BCUT2D eigenvalue weighted by Crippen LogP contribution is -2.18. The molecule has 1 heterocycles. The molecule has 100 valence electrons. The fraction of sp³-hybridized carbons (Fsp3) is 0.231. The SMILES string of the molecule is CC(N)Cc1cc(Br)ccc1Sc1nccc(=O)[nH]1. The number of nitrogens with zero attached hydrogens (tertiary/aromatic N) is 1. The lowest BCUT2D eigenvalue weighted by Gasteiger charge is -2.11. The number of aromatic nitrogens is 2. The average molecular weight is 340 g/mol. The van der Waals surface area contributed by atoms with E-state index in [1.54, 1.807) is 0 Å². The highest BCUT2D eigenvalue weighted by atomic mass is 79.9. The molecule has 0 aliphatic carbocycles. The third-order valence-electron chi connectivity index (χ3n) is 2.42. The van der Waals surface area contributed by atoms with E-state index in [4.69, 9.17) is 5.73 Å². The summed E-state index contributed by atoms with van der Waals surface area (Å²) in [4.78, 5) is 19.2. The average Bonchev–Trinajstić information content (AvgIpc) is 2.32. The summed E-state index contributed by atoms with van der Waals surface area (Å²) in [6.07, 6.45) is 2.28. The zero-order valence-electron chi connectivity index (χ0n) is 10.4. The van der Waals surface area contributed by atoms with E-state index < -0.39 is 0 Å². The van der Waals surface area contributed by atoms with Gasteiger partial charge in [0.1, 0.15) is 0 Å². The molecule has 0 aliphatic rings. The number of nitrogens with one attached hydrogen (secondary N) is 1. The van der Waals surface area contributed by atoms with Gasteiger partial charge in [-0.25, -0.2) is 4.98 Å². The standard InChI is InChI=1S/C13H14BrN3OS/c1-8(15)6-9-7-10(14)2-3-11(9)19-13-16-5-4-12(18)17-13/h2-5,7-8H,6,15H2,1H3,(H,16,17,18). The summed E-state index contributed by atoms with van der Waals surface area (Å²) in [5.41, 5.74) is 6.85. The summed E-state index contributed by atoms with van der Waals surface area (Å²) in [5, 5.41) is 0.584. The van der Waals surface area contributed by atoms with Crippen LogP contribution in [-0.2, 0) is 6.42 Å². The monoisotopic (exact) mass is 339 g/mol. The summed E-state index contributed by atoms with van der Waals surface area (Å²) in [6.45, 7) is 1.97. The number of benzene rings is 1. The summed E-state index contributed by atoms with van der Waals surface area (Å²) < 4.78 is 1.02. The fourth-order valence-electron chi connectivity index (χ4n) is 1.66. The molecule has 0 fully saturated rings. The first kappa shape index (κ1) is 14.3. The van der Waals surface area contributed by atoms with Crippen molar-refractivity contribution < 1.29 is 0 Å². The fourth-order valence-corrected chi connectivity index (χ4v) is 2.95. The van der Waals surface area contributed by atoms with Gasteiger partial charge >= 0.3 is 0 Å². The first-order chi connectivity index (χ1) is 9.04. The molecule has 4 nitrogen and oxygen atoms in total. The number of aromatic amines is 1. The van der Waals surface area contributed by atoms with Gasteiger partial charge in [-0.05, 0) is 37.1 Å². The van der Waals surface area contributed by atoms with E-state index in [0.29, 0.717) is 5.16 Å². The molecular weight excluding hydrogens is 326 g/mol. The maximum Gasteiger partial charge on any atom is 0.251 e. The van der Waals surface area contributed by atoms with Gasteiger partial charge in [0.15, 0.2) is 5.16 Å². The van der Waals surface area contributed by atoms with Crippen LogP contribution in [0.2, 0.25) is 0 Å². The second-order valence-electron chi connectivity index (χ2n) is 4.27. The Balaban J connectivity index is 2.31. The summed E-state index contributed by atoms with van der Waals surface area (Å²) >= 11 is 4.90. The van der Waals surface area contributed by atoms with Crippen LogP contribution in [0.3, 0.4) is 0 Å². The van der Waals surface area contributed by atoms with Crippen molar-refractivity contribution in [2.75, 3.05) is 0 Å². The zero-order valence-corrected chi connectivity index (χ0v) is 12.8. The van der Waals surface area contributed by atoms with Gasteiger partial charge in [-0.1, -0.05) is 27.7 Å². The van der Waals surface area contributed by atoms with Crippen molar-refractivity contribution in [2.24, 2.45) is 5.73 Å². The summed E-state index contributed by atoms with van der Waals surface area (Å²) in [7, 11) is 0. The van der Waals surface area contributed by atoms with Gasteiger partial charge in [-0.2, -0.15) is 0 Å². The minimum Gasteiger partial charge on any atom is -0.328 e. The lowest BCUT2D eigenvalue weighted by molar-refractivity contribution is 0.728. The van der Waals surface area contributed by atoms with E-state index in [9.17, 15) is 4.79 Å². The highest BCUT2D eigenvalue weighted by Gasteiger charge is 2.08. The maximum atomic E-state index is 11.3. The van der Waals surface area contributed by atoms with Gasteiger partial charge in [-0.3, -0.25) is 4.79 Å². The van der Waals surface area contributed by atoms with Crippen molar-refractivity contribution in [1.82, 2.24) is 9.97 Å². The van der Waals surface area contributed by atoms with Crippen molar-refractivity contribution in [2.45, 2.75) is 29.4 Å². The molecule has 0 saturated heterocycles. The van der Waals surface area contributed by atoms with Gasteiger partial charge in [0, 0.05) is 27.7 Å². The second kappa shape index (κ2) is 6.36. The summed E-state index contributed by atoms with van der Waals surface area (Å²) in [5.74, 6) is 0. The first-order valence-corrected chi connectivity index (χ1v) is 7.43. The molecule has 0 amide bonds. The Morgan fingerprint density at radius 3 is 2.95 bits per heavy atom. The molecule has 2 aromatic rings. The number of nitrogens with two attached hydrogens (primary N) is 1. The molecule has 0 spiro atoms. The number of hydrogen-bond donors (Lipinski definition) is 2. The van der Waals surface area contributed by atoms with Crippen LogP contribution in [0.25, 0.3) is 0 Å². The summed E-state index contributed by atoms with van der Waals surface area (Å²) in [6, 6.07) is 7.49. The number of hydrogen-bond acceptors (Lipinski definition) is 4. The van der Waals surface area contributed by atoms with Crippen LogP contribution in [0.15, 0.2) is 49.8 Å². The van der Waals surface area contributed by atoms with Crippen LogP contribution in [-0.4, -0.2) is 16.0 Å². The Morgan fingerprint density at radius 1 is 1.47 bits per heavy atom. The topological polar surface area (TPSA) is 71.8 Å². The highest BCUT2D eigenvalue weighted by molar-refractivity contribution is 9.10. The Bertz CT molecular complexity index is 627. The van der Waals surface area contributed by atoms with E-state index in [-0.39, 0.29) is 11.6 Å². The van der Waals surface area contributed by atoms with E-state index in [0.717, 1.165) is 21.4 Å². The van der Waals surface area contributed by atoms with Crippen LogP contribution in [0.4, 0.5) is 0 Å². The number of halogens is 1. The predicted octanol–water partition coefficient (Wildman–Crippen LogP) is 2.57. The molecule has 1 unspecified atom stereocenters. The largest absolute Gasteiger partial charge is 0.328 e. The molecule has 0 saturated carbocycles. The van der Waals surface area contributed by atoms with Gasteiger partial charge in [-0.15, -0.1) is 0 Å². The molecule has 0 aliphatic heterocycles. The Hall–Kier alpha value is -1.11. The van der Waals surface area contributed by atoms with Crippen LogP contribution in [0.1, 0.15) is 12.5 Å². The zero-order chi connectivity index (χ0) is 13.8. The van der Waals surface area contributed by atoms with Gasteiger partial charge < -0.3 is 10.7 Å². The Labute approximate surface area is 124 Å². The third kappa shape index (κ3) is 4.19. The van der Waals surface area contributed by atoms with Crippen LogP contribution in [0, 0.1) is 0 Å². The number of H-pyrrole nitrogens is 1. The van der Waals surface area contributed by atoms with Crippen LogP contribution >= 0.6 is 27.7 Å². The lowest BCUT2D eigenvalue weighted by atomic mass is 10.1. The molecule has 0 bridgehead atoms. The number of rotatable bonds is 4. The minimum absolute atomic E-state index is 0.0800. The highest BCUT2D eigenvalue weighted by Crippen LogP contribution is 2.30. The van der Waals surface area contributed by atoms with Gasteiger partial charge in [0.2, 0.25) is 0 Å². The molecule has 1 aromatic heterocycles. The van der Waals surface area contributed by atoms with E-state index >= 15 is 0 Å². The molecule has 0 radical (unpaired) electrons. The molecule has 3 N–H and O–H groups in total. The van der Waals surface area contributed by atoms with Crippen LogP contribution < -0.4 is 11.3 Å². The van der Waals surface area contributed by atoms with Crippen LogP contribution in [0.5, 0.6) is 0 Å². The van der Waals surface area contributed by atoms with Crippen molar-refractivity contribution in [3.63, 3.8) is 0 Å². The maximum absolute atomic E-state index is 11.3. The first-order valence-electron chi connectivity index (χ1n) is 5.82. The van der Waals surface area contributed by atoms with Crippen molar-refractivity contribution in [3.05, 3.63) is 50.9 Å². The Morgan fingerprint density at radius 2 is 2.26 bits per heavy atom. The minimum atomic E-state index is -0.150. The third-order valence-corrected chi connectivity index (χ3v) is 3.93. The van der Waals surface area contributed by atoms with Gasteiger partial charge in [0.25, 0.3) is 5.56 Å². The predicted molar refractivity (Wildman–Crippen MR) is 80.5 cm³/mol. The smallest absolute Gasteiger partial charge is 0.251 e. The molecular formula is C13H14BrN3OS. The van der Waals surface area contributed by atoms with E-state index in [2.05, 4.69) is 25.9 Å². The molecule has 1 aromatic carbocycles. The molecule has 19 heavy (non-hydrogen) atoms. The van der Waals surface area contributed by atoms with Crippen molar-refractivity contribution in [1.29, 1.82) is 0 Å².